The van der Waals surface area contributed by atoms with E-state index in [0.717, 1.165) is 30.8 Å². The molecule has 0 spiro atoms. The lowest BCUT2D eigenvalue weighted by Crippen LogP contribution is -2.28. The summed E-state index contributed by atoms with van der Waals surface area (Å²) in [4.78, 5) is 2.25. The lowest BCUT2D eigenvalue weighted by Gasteiger charge is -2.19. The van der Waals surface area contributed by atoms with Crippen LogP contribution in [0.2, 0.25) is 0 Å². The summed E-state index contributed by atoms with van der Waals surface area (Å²) in [5, 5.41) is 11.4. The maximum Gasteiger partial charge on any atom is 0.0558 e. The first-order valence-electron chi connectivity index (χ1n) is 8.99. The van der Waals surface area contributed by atoms with E-state index in [-0.39, 0.29) is 6.61 Å². The van der Waals surface area contributed by atoms with Gasteiger partial charge < -0.3 is 5.11 Å². The topological polar surface area (TPSA) is 23.5 Å². The van der Waals surface area contributed by atoms with Gasteiger partial charge in [-0.25, -0.2) is 0 Å². The summed E-state index contributed by atoms with van der Waals surface area (Å²) in [5.41, 5.74) is 3.74. The van der Waals surface area contributed by atoms with Crippen molar-refractivity contribution in [3.05, 3.63) is 96.0 Å². The van der Waals surface area contributed by atoms with Gasteiger partial charge in [0.15, 0.2) is 0 Å². The van der Waals surface area contributed by atoms with Crippen molar-refractivity contribution in [3.8, 4) is 0 Å². The lowest BCUT2D eigenvalue weighted by atomic mass is 10.1. The third-order valence-corrected chi connectivity index (χ3v) is 4.85. The summed E-state index contributed by atoms with van der Waals surface area (Å²) in [6.07, 6.45) is 21.4. The van der Waals surface area contributed by atoms with Crippen LogP contribution in [-0.2, 0) is 0 Å². The number of hydrogen-bond acceptors (Lipinski definition) is 3. The molecule has 1 heterocycles. The van der Waals surface area contributed by atoms with Crippen LogP contribution >= 0.6 is 11.8 Å². The molecule has 0 radical (unpaired) electrons. The van der Waals surface area contributed by atoms with Crippen LogP contribution in [0.4, 0.5) is 0 Å². The van der Waals surface area contributed by atoms with Crippen LogP contribution in [0, 0.1) is 0 Å². The van der Waals surface area contributed by atoms with Crippen molar-refractivity contribution in [2.75, 3.05) is 32.0 Å². The van der Waals surface area contributed by atoms with Crippen molar-refractivity contribution in [1.82, 2.24) is 4.90 Å². The quantitative estimate of drug-likeness (QED) is 0.477. The highest BCUT2D eigenvalue weighted by atomic mass is 32.2. The van der Waals surface area contributed by atoms with E-state index in [1.165, 1.54) is 11.1 Å². The van der Waals surface area contributed by atoms with E-state index in [1.807, 2.05) is 19.1 Å². The summed E-state index contributed by atoms with van der Waals surface area (Å²) >= 11 is 1.80. The fourth-order valence-electron chi connectivity index (χ4n) is 2.50. The third-order valence-electron chi connectivity index (χ3n) is 4.03. The molecular formula is C23H31NOS. The summed E-state index contributed by atoms with van der Waals surface area (Å²) < 4.78 is 0. The molecule has 140 valence electrons. The van der Waals surface area contributed by atoms with E-state index in [2.05, 4.69) is 66.0 Å². The Morgan fingerprint density at radius 3 is 2.77 bits per heavy atom. The Balaban J connectivity index is 2.59. The average molecular weight is 370 g/mol. The fraction of sp³-hybridized carbons (Fsp3) is 0.304. The molecule has 0 fully saturated rings. The molecular weight excluding hydrogens is 338 g/mol. The molecule has 1 N–H and O–H groups in total. The Labute approximate surface area is 163 Å². The van der Waals surface area contributed by atoms with Crippen LogP contribution < -0.4 is 0 Å². The van der Waals surface area contributed by atoms with Gasteiger partial charge in [0.05, 0.1) is 6.61 Å². The molecule has 0 aromatic carbocycles. The number of aliphatic hydroxyl groups is 1. The average Bonchev–Trinajstić information content (AvgIpc) is 2.68. The van der Waals surface area contributed by atoms with Gasteiger partial charge in [0.2, 0.25) is 0 Å². The first-order valence-corrected chi connectivity index (χ1v) is 10.0. The van der Waals surface area contributed by atoms with Crippen molar-refractivity contribution in [3.63, 3.8) is 0 Å². The summed E-state index contributed by atoms with van der Waals surface area (Å²) in [6.45, 7) is 12.3. The van der Waals surface area contributed by atoms with Gasteiger partial charge >= 0.3 is 0 Å². The van der Waals surface area contributed by atoms with Crippen LogP contribution in [-0.4, -0.2) is 42.0 Å². The second kappa shape index (κ2) is 14.4. The Bertz CT molecular complexity index is 620. The first-order chi connectivity index (χ1) is 12.7. The van der Waals surface area contributed by atoms with Gasteiger partial charge in [-0.05, 0) is 29.9 Å². The largest absolute Gasteiger partial charge is 0.395 e. The number of allylic oxidation sites excluding steroid dienone is 10. The normalized spacial score (nSPS) is 15.9. The van der Waals surface area contributed by atoms with E-state index >= 15 is 0 Å². The van der Waals surface area contributed by atoms with Gasteiger partial charge in [-0.2, -0.15) is 0 Å². The SMILES string of the molecule is C=C/C=C\C(=C/C)CCN(C/C=C/C=C(\C=C)C1=CC=CSC1)CCO. The van der Waals surface area contributed by atoms with Crippen molar-refractivity contribution in [2.24, 2.45) is 0 Å². The molecule has 2 nitrogen and oxygen atoms in total. The zero-order valence-electron chi connectivity index (χ0n) is 15.8. The number of hydrogen-bond donors (Lipinski definition) is 1. The van der Waals surface area contributed by atoms with Gasteiger partial charge in [-0.15, -0.1) is 11.8 Å². The minimum absolute atomic E-state index is 0.172. The molecule has 0 aromatic heterocycles. The molecule has 0 saturated heterocycles. The molecule has 1 aliphatic rings. The molecule has 26 heavy (non-hydrogen) atoms. The van der Waals surface area contributed by atoms with Gasteiger partial charge in [0.25, 0.3) is 0 Å². The molecule has 0 bridgehead atoms. The highest BCUT2D eigenvalue weighted by Gasteiger charge is 2.04. The van der Waals surface area contributed by atoms with E-state index in [1.54, 1.807) is 17.8 Å². The Kier molecular flexibility index (Phi) is 12.3. The molecule has 0 saturated carbocycles. The van der Waals surface area contributed by atoms with Crippen LogP contribution in [0.1, 0.15) is 13.3 Å². The summed E-state index contributed by atoms with van der Waals surface area (Å²) in [6, 6.07) is 0. The predicted octanol–water partition coefficient (Wildman–Crippen LogP) is 5.21. The van der Waals surface area contributed by atoms with E-state index in [9.17, 15) is 5.11 Å². The third kappa shape index (κ3) is 9.04. The van der Waals surface area contributed by atoms with Crippen molar-refractivity contribution >= 4 is 11.8 Å². The highest BCUT2D eigenvalue weighted by molar-refractivity contribution is 8.02. The lowest BCUT2D eigenvalue weighted by molar-refractivity contribution is 0.210. The number of aliphatic hydroxyl groups excluding tert-OH is 1. The van der Waals surface area contributed by atoms with Gasteiger partial charge in [-0.1, -0.05) is 79.5 Å². The smallest absolute Gasteiger partial charge is 0.0558 e. The summed E-state index contributed by atoms with van der Waals surface area (Å²) in [5.74, 6) is 0.989. The number of nitrogens with zero attached hydrogens (tertiary/aromatic N) is 1. The molecule has 0 unspecified atom stereocenters. The second-order valence-electron chi connectivity index (χ2n) is 5.82. The number of rotatable bonds is 12. The maximum absolute atomic E-state index is 9.30. The minimum atomic E-state index is 0.172. The van der Waals surface area contributed by atoms with Crippen LogP contribution in [0.15, 0.2) is 96.0 Å². The van der Waals surface area contributed by atoms with E-state index in [0.29, 0.717) is 6.54 Å². The predicted molar refractivity (Wildman–Crippen MR) is 118 cm³/mol. The van der Waals surface area contributed by atoms with E-state index in [4.69, 9.17) is 0 Å². The zero-order chi connectivity index (χ0) is 19.0. The molecule has 0 aromatic rings. The van der Waals surface area contributed by atoms with E-state index < -0.39 is 0 Å². The van der Waals surface area contributed by atoms with Gasteiger partial charge in [0.1, 0.15) is 0 Å². The second-order valence-corrected chi connectivity index (χ2v) is 6.71. The standard InChI is InChI=1S/C23H31NOS/c1-4-7-11-21(5-2)14-16-24(17-18-25)15-9-8-12-22(6-3)23-13-10-19-26-20-23/h4-13,19,25H,1,3,14-18,20H2,2H3/b9-8+,11-7-,21-5+,22-12+. The van der Waals surface area contributed by atoms with Crippen molar-refractivity contribution in [1.29, 1.82) is 0 Å². The first kappa shape index (κ1) is 22.2. The monoisotopic (exact) mass is 369 g/mol. The molecule has 0 amide bonds. The molecule has 1 aliphatic heterocycles. The number of thioether (sulfide) groups is 1. The van der Waals surface area contributed by atoms with Crippen LogP contribution in [0.3, 0.4) is 0 Å². The Morgan fingerprint density at radius 2 is 2.15 bits per heavy atom. The van der Waals surface area contributed by atoms with Crippen LogP contribution in [0.25, 0.3) is 0 Å². The maximum atomic E-state index is 9.30. The Morgan fingerprint density at radius 1 is 1.31 bits per heavy atom. The zero-order valence-corrected chi connectivity index (χ0v) is 16.6. The molecule has 0 atom stereocenters. The molecule has 3 heteroatoms. The van der Waals surface area contributed by atoms with Crippen LogP contribution in [0.5, 0.6) is 0 Å². The minimum Gasteiger partial charge on any atom is -0.395 e. The fourth-order valence-corrected chi connectivity index (χ4v) is 3.23. The van der Waals surface area contributed by atoms with Crippen molar-refractivity contribution in [2.45, 2.75) is 13.3 Å². The highest BCUT2D eigenvalue weighted by Crippen LogP contribution is 2.22. The molecule has 1 rings (SSSR count). The Hall–Kier alpha value is -1.81. The summed E-state index contributed by atoms with van der Waals surface area (Å²) in [7, 11) is 0. The van der Waals surface area contributed by atoms with Crippen molar-refractivity contribution < 1.29 is 5.11 Å². The van der Waals surface area contributed by atoms with Gasteiger partial charge in [0, 0.05) is 25.4 Å². The molecule has 0 aliphatic carbocycles. The van der Waals surface area contributed by atoms with Gasteiger partial charge in [-0.3, -0.25) is 4.90 Å².